The number of hydrogen-bond acceptors (Lipinski definition) is 1. The van der Waals surface area contributed by atoms with Crippen molar-refractivity contribution < 1.29 is 18.0 Å². The fourth-order valence-electron chi connectivity index (χ4n) is 5.10. The maximum Gasteiger partial charge on any atom is 0.416 e. The van der Waals surface area contributed by atoms with Gasteiger partial charge in [-0.15, -0.1) is 0 Å². The van der Waals surface area contributed by atoms with Crippen LogP contribution in [0, 0.1) is 0 Å². The van der Waals surface area contributed by atoms with E-state index in [0.717, 1.165) is 34.8 Å². The fraction of sp³-hybridized carbons (Fsp3) is 0.192. The highest BCUT2D eigenvalue weighted by molar-refractivity contribution is 6.18. The van der Waals surface area contributed by atoms with Crippen LogP contribution in [0.25, 0.3) is 11.1 Å². The summed E-state index contributed by atoms with van der Waals surface area (Å²) in [4.78, 5) is 13.3. The summed E-state index contributed by atoms with van der Waals surface area (Å²) >= 11 is 0. The Labute approximate surface area is 172 Å². The van der Waals surface area contributed by atoms with Gasteiger partial charge in [-0.2, -0.15) is 13.2 Å². The average molecular weight is 404 g/mol. The lowest BCUT2D eigenvalue weighted by molar-refractivity contribution is -0.137. The molecule has 5 rings (SSSR count). The molecule has 2 aliphatic rings. The number of carbonyl (C=O) groups excluding carboxylic acids is 1. The van der Waals surface area contributed by atoms with Crippen molar-refractivity contribution in [3.05, 3.63) is 107 Å². The van der Waals surface area contributed by atoms with Crippen molar-refractivity contribution in [2.75, 3.05) is 0 Å². The number of benzene rings is 3. The molecule has 1 spiro atoms. The third-order valence-electron chi connectivity index (χ3n) is 6.31. The van der Waals surface area contributed by atoms with E-state index in [-0.39, 0.29) is 5.78 Å². The highest BCUT2D eigenvalue weighted by atomic mass is 19.4. The summed E-state index contributed by atoms with van der Waals surface area (Å²) in [6.07, 6.45) is -2.65. The Morgan fingerprint density at radius 3 is 2.00 bits per heavy atom. The predicted octanol–water partition coefficient (Wildman–Crippen LogP) is 6.67. The molecular formula is C26H19F3O. The molecule has 0 aliphatic heterocycles. The summed E-state index contributed by atoms with van der Waals surface area (Å²) in [5, 5.41) is 0. The molecule has 0 N–H and O–H groups in total. The van der Waals surface area contributed by atoms with Gasteiger partial charge >= 0.3 is 6.18 Å². The molecule has 0 unspecified atom stereocenters. The van der Waals surface area contributed by atoms with Crippen molar-refractivity contribution in [1.82, 2.24) is 0 Å². The second kappa shape index (κ2) is 6.69. The molecule has 2 aliphatic carbocycles. The number of halogens is 3. The summed E-state index contributed by atoms with van der Waals surface area (Å²) < 4.78 is 40.7. The van der Waals surface area contributed by atoms with Gasteiger partial charge in [-0.3, -0.25) is 4.79 Å². The highest BCUT2D eigenvalue weighted by Gasteiger charge is 2.53. The van der Waals surface area contributed by atoms with Gasteiger partial charge < -0.3 is 0 Å². The Balaban J connectivity index is 1.91. The van der Waals surface area contributed by atoms with Gasteiger partial charge in [0.1, 0.15) is 5.78 Å². The molecule has 4 heteroatoms. The second-order valence-electron chi connectivity index (χ2n) is 7.92. The van der Waals surface area contributed by atoms with Crippen LogP contribution in [0.2, 0.25) is 0 Å². The van der Waals surface area contributed by atoms with Crippen LogP contribution in [0.5, 0.6) is 0 Å². The number of ketones is 1. The molecule has 150 valence electrons. The maximum atomic E-state index is 13.6. The minimum absolute atomic E-state index is 0.0910. The van der Waals surface area contributed by atoms with Gasteiger partial charge in [0, 0.05) is 6.42 Å². The van der Waals surface area contributed by atoms with Crippen LogP contribution < -0.4 is 0 Å². The third kappa shape index (κ3) is 2.67. The van der Waals surface area contributed by atoms with Gasteiger partial charge in [0.2, 0.25) is 0 Å². The Hall–Kier alpha value is -3.14. The molecule has 0 radical (unpaired) electrons. The van der Waals surface area contributed by atoms with Crippen LogP contribution in [-0.4, -0.2) is 5.78 Å². The number of fused-ring (bicyclic) bond motifs is 2. The van der Waals surface area contributed by atoms with Crippen molar-refractivity contribution in [3.63, 3.8) is 0 Å². The van der Waals surface area contributed by atoms with Crippen molar-refractivity contribution >= 4 is 16.9 Å². The summed E-state index contributed by atoms with van der Waals surface area (Å²) in [6, 6.07) is 22.9. The van der Waals surface area contributed by atoms with Crippen LogP contribution in [0.1, 0.15) is 47.1 Å². The summed E-state index contributed by atoms with van der Waals surface area (Å²) in [5.74, 6) is 0.0910. The smallest absolute Gasteiger partial charge is 0.298 e. The van der Waals surface area contributed by atoms with E-state index in [2.05, 4.69) is 0 Å². The van der Waals surface area contributed by atoms with Crippen LogP contribution in [-0.2, 0) is 16.4 Å². The zero-order valence-electron chi connectivity index (χ0n) is 16.2. The highest BCUT2D eigenvalue weighted by Crippen LogP contribution is 2.59. The number of rotatable bonds is 2. The van der Waals surface area contributed by atoms with E-state index in [4.69, 9.17) is 0 Å². The Bertz CT molecular complexity index is 1160. The molecule has 0 bridgehead atoms. The normalized spacial score (nSPS) is 20.8. The van der Waals surface area contributed by atoms with Gasteiger partial charge in [-0.05, 0) is 58.4 Å². The number of allylic oxidation sites excluding steroid dienone is 1. The van der Waals surface area contributed by atoms with Gasteiger partial charge in [0.25, 0.3) is 0 Å². The van der Waals surface area contributed by atoms with E-state index < -0.39 is 17.2 Å². The average Bonchev–Trinajstić information content (AvgIpc) is 3.27. The van der Waals surface area contributed by atoms with E-state index in [1.807, 2.05) is 60.7 Å². The van der Waals surface area contributed by atoms with Crippen molar-refractivity contribution in [1.29, 1.82) is 0 Å². The van der Waals surface area contributed by atoms with Gasteiger partial charge in [-0.25, -0.2) is 0 Å². The van der Waals surface area contributed by atoms with Crippen molar-refractivity contribution in [3.8, 4) is 0 Å². The molecule has 0 heterocycles. The Morgan fingerprint density at radius 2 is 1.43 bits per heavy atom. The first-order chi connectivity index (χ1) is 14.4. The molecule has 30 heavy (non-hydrogen) atoms. The van der Waals surface area contributed by atoms with Gasteiger partial charge in [-0.1, -0.05) is 66.7 Å². The van der Waals surface area contributed by atoms with Gasteiger partial charge in [0.15, 0.2) is 0 Å². The largest absolute Gasteiger partial charge is 0.416 e. The number of hydrogen-bond donors (Lipinski definition) is 0. The first-order valence-electron chi connectivity index (χ1n) is 10.0. The monoisotopic (exact) mass is 404 g/mol. The lowest BCUT2D eigenvalue weighted by Gasteiger charge is -2.28. The van der Waals surface area contributed by atoms with E-state index in [0.29, 0.717) is 24.0 Å². The molecule has 0 aromatic heterocycles. The molecule has 1 fully saturated rings. The summed E-state index contributed by atoms with van der Waals surface area (Å²) in [7, 11) is 0. The van der Waals surface area contributed by atoms with Crippen LogP contribution in [0.15, 0.2) is 78.9 Å². The van der Waals surface area contributed by atoms with E-state index in [1.165, 1.54) is 12.1 Å². The van der Waals surface area contributed by atoms with Crippen molar-refractivity contribution in [2.45, 2.75) is 30.9 Å². The first kappa shape index (κ1) is 18.9. The molecule has 1 atom stereocenters. The number of alkyl halides is 3. The maximum absolute atomic E-state index is 13.6. The lowest BCUT2D eigenvalue weighted by Crippen LogP contribution is -2.30. The molecule has 3 aromatic carbocycles. The van der Waals surface area contributed by atoms with E-state index >= 15 is 0 Å². The second-order valence-corrected chi connectivity index (χ2v) is 7.92. The summed E-state index contributed by atoms with van der Waals surface area (Å²) in [6.45, 7) is 0. The molecule has 1 saturated carbocycles. The minimum atomic E-state index is -4.45. The summed E-state index contributed by atoms with van der Waals surface area (Å²) in [5.41, 5.74) is 2.94. The quantitative estimate of drug-likeness (QED) is 0.466. The van der Waals surface area contributed by atoms with E-state index in [9.17, 15) is 18.0 Å². The molecular weight excluding hydrogens is 385 g/mol. The third-order valence-corrected chi connectivity index (χ3v) is 6.31. The van der Waals surface area contributed by atoms with Crippen LogP contribution in [0.3, 0.4) is 0 Å². The predicted molar refractivity (Wildman–Crippen MR) is 111 cm³/mol. The van der Waals surface area contributed by atoms with E-state index in [1.54, 1.807) is 0 Å². The Morgan fingerprint density at radius 1 is 0.800 bits per heavy atom. The SMILES string of the molecule is O=C1CCC[C@@]12C(c1ccccc1)=C(c1ccccc1)c1cc(C(F)(F)F)ccc12. The fourth-order valence-corrected chi connectivity index (χ4v) is 5.10. The van der Waals surface area contributed by atoms with Crippen LogP contribution >= 0.6 is 0 Å². The number of carbonyl (C=O) groups is 1. The van der Waals surface area contributed by atoms with Crippen LogP contribution in [0.4, 0.5) is 13.2 Å². The van der Waals surface area contributed by atoms with Crippen molar-refractivity contribution in [2.24, 2.45) is 0 Å². The first-order valence-corrected chi connectivity index (χ1v) is 10.0. The standard InChI is InChI=1S/C26H19F3O/c27-26(28,29)19-13-14-21-20(16-19)23(17-8-3-1-4-9-17)24(18-10-5-2-6-11-18)25(21)15-7-12-22(25)30/h1-6,8-11,13-14,16H,7,12,15H2/t25-/m0/s1. The number of Topliss-reactive ketones (excluding diaryl/α,β-unsaturated/α-hetero) is 1. The zero-order chi connectivity index (χ0) is 20.9. The van der Waals surface area contributed by atoms with Gasteiger partial charge in [0.05, 0.1) is 11.0 Å². The Kier molecular flexibility index (Phi) is 4.21. The minimum Gasteiger partial charge on any atom is -0.298 e. The molecule has 0 saturated heterocycles. The molecule has 3 aromatic rings. The topological polar surface area (TPSA) is 17.1 Å². The molecule has 0 amide bonds. The molecule has 1 nitrogen and oxygen atoms in total. The lowest BCUT2D eigenvalue weighted by atomic mass is 9.72. The zero-order valence-corrected chi connectivity index (χ0v) is 16.2.